The van der Waals surface area contributed by atoms with E-state index < -0.39 is 0 Å². The van der Waals surface area contributed by atoms with Crippen LogP contribution in [0.2, 0.25) is 0 Å². The van der Waals surface area contributed by atoms with E-state index in [4.69, 9.17) is 0 Å². The first-order valence-corrected chi connectivity index (χ1v) is 5.62. The van der Waals surface area contributed by atoms with Gasteiger partial charge in [-0.25, -0.2) is 0 Å². The Morgan fingerprint density at radius 3 is 2.75 bits per heavy atom. The average molecular weight is 236 g/mol. The van der Waals surface area contributed by atoms with Crippen molar-refractivity contribution in [1.29, 1.82) is 0 Å². The fraction of sp³-hybridized carbons (Fsp3) is 0.273. The Balaban J connectivity index is 2.37. The fourth-order valence-corrected chi connectivity index (χ4v) is 2.07. The van der Waals surface area contributed by atoms with Gasteiger partial charge in [0.25, 0.3) is 5.69 Å². The molecule has 0 amide bonds. The van der Waals surface area contributed by atoms with Crippen molar-refractivity contribution in [3.05, 3.63) is 46.0 Å². The van der Waals surface area contributed by atoms with E-state index in [9.17, 15) is 10.1 Å². The van der Waals surface area contributed by atoms with Gasteiger partial charge in [0.1, 0.15) is 0 Å². The second-order valence-electron chi connectivity index (χ2n) is 3.75. The lowest BCUT2D eigenvalue weighted by Gasteiger charge is -2.21. The van der Waals surface area contributed by atoms with Crippen LogP contribution in [0.4, 0.5) is 5.69 Å². The van der Waals surface area contributed by atoms with E-state index in [2.05, 4.69) is 20.1 Å². The predicted molar refractivity (Wildman–Crippen MR) is 67.0 cm³/mol. The molecule has 1 unspecified atom stereocenters. The van der Waals surface area contributed by atoms with Crippen LogP contribution >= 0.6 is 9.39 Å². The van der Waals surface area contributed by atoms with Crippen molar-refractivity contribution < 1.29 is 4.92 Å². The molecule has 1 aliphatic rings. The molecule has 16 heavy (non-hydrogen) atoms. The molecule has 0 fully saturated rings. The topological polar surface area (TPSA) is 46.4 Å². The minimum atomic E-state index is -0.316. The molecule has 0 N–H and O–H groups in total. The maximum atomic E-state index is 10.9. The lowest BCUT2D eigenvalue weighted by atomic mass is 9.99. The van der Waals surface area contributed by atoms with Crippen LogP contribution in [-0.4, -0.2) is 22.7 Å². The zero-order valence-corrected chi connectivity index (χ0v) is 9.95. The summed E-state index contributed by atoms with van der Waals surface area (Å²) in [6.45, 7) is 1.74. The van der Waals surface area contributed by atoms with Crippen LogP contribution in [-0.2, 0) is 0 Å². The molecule has 84 valence electrons. The van der Waals surface area contributed by atoms with Crippen molar-refractivity contribution in [2.45, 2.75) is 6.42 Å². The molecular formula is C11H13N2O2P. The molecule has 4 nitrogen and oxygen atoms in total. The molecule has 1 aromatic rings. The summed E-state index contributed by atoms with van der Waals surface area (Å²) in [7, 11) is 2.64. The molecule has 0 aromatic heterocycles. The van der Waals surface area contributed by atoms with Crippen LogP contribution in [0.1, 0.15) is 12.0 Å². The van der Waals surface area contributed by atoms with Gasteiger partial charge in [-0.1, -0.05) is 27.6 Å². The summed E-state index contributed by atoms with van der Waals surface area (Å²) in [5.41, 5.74) is 2.03. The van der Waals surface area contributed by atoms with E-state index in [1.807, 2.05) is 12.1 Å². The van der Waals surface area contributed by atoms with Crippen molar-refractivity contribution in [3.8, 4) is 0 Å². The van der Waals surface area contributed by atoms with Crippen LogP contribution < -0.4 is 0 Å². The number of nitro benzene ring substituents is 1. The van der Waals surface area contributed by atoms with Gasteiger partial charge in [-0.2, -0.15) is 0 Å². The third-order valence-electron chi connectivity index (χ3n) is 2.69. The summed E-state index contributed by atoms with van der Waals surface area (Å²) in [6.07, 6.45) is 2.91. The molecule has 0 saturated carbocycles. The van der Waals surface area contributed by atoms with E-state index in [1.165, 1.54) is 0 Å². The summed E-state index contributed by atoms with van der Waals surface area (Å²) >= 11 is 0. The van der Waals surface area contributed by atoms with Crippen molar-refractivity contribution in [2.75, 3.05) is 13.1 Å². The second kappa shape index (κ2) is 4.73. The van der Waals surface area contributed by atoms with Crippen molar-refractivity contribution in [1.82, 2.24) is 4.67 Å². The Bertz CT molecular complexity index is 445. The van der Waals surface area contributed by atoms with Gasteiger partial charge in [0.05, 0.1) is 10.5 Å². The Labute approximate surface area is 96.4 Å². The molecule has 2 rings (SSSR count). The van der Waals surface area contributed by atoms with E-state index >= 15 is 0 Å². The van der Waals surface area contributed by atoms with Gasteiger partial charge in [0.15, 0.2) is 0 Å². The minimum absolute atomic E-state index is 0.200. The van der Waals surface area contributed by atoms with E-state index in [1.54, 1.807) is 12.1 Å². The number of hydrogen-bond acceptors (Lipinski definition) is 3. The van der Waals surface area contributed by atoms with Crippen molar-refractivity contribution in [3.63, 3.8) is 0 Å². The van der Waals surface area contributed by atoms with Gasteiger partial charge >= 0.3 is 0 Å². The number of nitro groups is 1. The van der Waals surface area contributed by atoms with E-state index in [0.29, 0.717) is 0 Å². The summed E-state index contributed by atoms with van der Waals surface area (Å²) in [5, 5.41) is 10.9. The third-order valence-corrected chi connectivity index (χ3v) is 3.16. The normalized spacial score (nSPS) is 16.9. The quantitative estimate of drug-likeness (QED) is 0.450. The first-order valence-electron chi connectivity index (χ1n) is 5.11. The Kier molecular flexibility index (Phi) is 3.32. The zero-order chi connectivity index (χ0) is 11.5. The molecule has 0 aliphatic carbocycles. The predicted octanol–water partition coefficient (Wildman–Crippen LogP) is 2.47. The van der Waals surface area contributed by atoms with Crippen LogP contribution in [0.25, 0.3) is 5.57 Å². The number of nitrogens with zero attached hydrogens (tertiary/aromatic N) is 2. The first kappa shape index (κ1) is 11.2. The highest BCUT2D eigenvalue weighted by atomic mass is 31.0. The Morgan fingerprint density at radius 1 is 1.38 bits per heavy atom. The standard InChI is InChI=1S/C11H13N2O2P/c14-13(15)11-4-2-1-3-10(11)9-5-7-12(16)8-6-9/h1-5H,6-8,16H2. The first-order chi connectivity index (χ1) is 7.68. The van der Waals surface area contributed by atoms with Crippen molar-refractivity contribution in [2.24, 2.45) is 0 Å². The van der Waals surface area contributed by atoms with Gasteiger partial charge in [0.2, 0.25) is 0 Å². The van der Waals surface area contributed by atoms with E-state index in [-0.39, 0.29) is 10.6 Å². The molecule has 1 atom stereocenters. The molecule has 1 aliphatic heterocycles. The summed E-state index contributed by atoms with van der Waals surface area (Å²) < 4.78 is 2.11. The Hall–Kier alpha value is -1.25. The number of para-hydroxylation sites is 1. The number of rotatable bonds is 2. The largest absolute Gasteiger partial charge is 0.283 e. The minimum Gasteiger partial charge on any atom is -0.283 e. The van der Waals surface area contributed by atoms with Crippen LogP contribution in [0.3, 0.4) is 0 Å². The van der Waals surface area contributed by atoms with Crippen LogP contribution in [0, 0.1) is 10.1 Å². The highest BCUT2D eigenvalue weighted by Gasteiger charge is 2.18. The molecule has 1 aromatic carbocycles. The van der Waals surface area contributed by atoms with Gasteiger partial charge in [-0.15, -0.1) is 0 Å². The highest BCUT2D eigenvalue weighted by molar-refractivity contribution is 7.13. The lowest BCUT2D eigenvalue weighted by molar-refractivity contribution is -0.385. The van der Waals surface area contributed by atoms with Gasteiger partial charge in [-0.3, -0.25) is 14.8 Å². The molecular weight excluding hydrogens is 223 g/mol. The zero-order valence-electron chi connectivity index (χ0n) is 8.80. The van der Waals surface area contributed by atoms with E-state index in [0.717, 1.165) is 30.6 Å². The fourth-order valence-electron chi connectivity index (χ4n) is 1.83. The summed E-state index contributed by atoms with van der Waals surface area (Å²) in [5.74, 6) is 0. The maximum Gasteiger partial charge on any atom is 0.276 e. The molecule has 0 spiro atoms. The van der Waals surface area contributed by atoms with Gasteiger partial charge in [0, 0.05) is 19.2 Å². The second-order valence-corrected chi connectivity index (χ2v) is 4.48. The smallest absolute Gasteiger partial charge is 0.276 e. The monoisotopic (exact) mass is 236 g/mol. The molecule has 1 heterocycles. The third kappa shape index (κ3) is 2.29. The number of benzene rings is 1. The van der Waals surface area contributed by atoms with Crippen LogP contribution in [0.5, 0.6) is 0 Å². The molecule has 5 heteroatoms. The maximum absolute atomic E-state index is 10.9. The Morgan fingerprint density at radius 2 is 2.12 bits per heavy atom. The summed E-state index contributed by atoms with van der Waals surface area (Å²) in [4.78, 5) is 10.6. The molecule has 0 bridgehead atoms. The highest BCUT2D eigenvalue weighted by Crippen LogP contribution is 2.30. The molecule has 0 radical (unpaired) electrons. The molecule has 0 saturated heterocycles. The SMILES string of the molecule is O=[N+]([O-])c1ccccc1C1=CCN(P)CC1. The van der Waals surface area contributed by atoms with Gasteiger partial charge < -0.3 is 0 Å². The average Bonchev–Trinajstić information content (AvgIpc) is 2.30. The van der Waals surface area contributed by atoms with Crippen LogP contribution in [0.15, 0.2) is 30.3 Å². The lowest BCUT2D eigenvalue weighted by Crippen LogP contribution is -2.18. The van der Waals surface area contributed by atoms with Crippen molar-refractivity contribution >= 4 is 20.7 Å². The summed E-state index contributed by atoms with van der Waals surface area (Å²) in [6, 6.07) is 6.93. The number of hydrogen-bond donors (Lipinski definition) is 0. The van der Waals surface area contributed by atoms with Gasteiger partial charge in [-0.05, 0) is 18.1 Å².